The second-order valence-corrected chi connectivity index (χ2v) is 6.87. The summed E-state index contributed by atoms with van der Waals surface area (Å²) in [5.41, 5.74) is 2.76. The van der Waals surface area contributed by atoms with Crippen LogP contribution >= 0.6 is 11.6 Å². The van der Waals surface area contributed by atoms with Crippen molar-refractivity contribution in [3.63, 3.8) is 0 Å². The van der Waals surface area contributed by atoms with Crippen molar-refractivity contribution in [2.24, 2.45) is 5.41 Å². The first-order chi connectivity index (χ1) is 9.64. The minimum absolute atomic E-state index is 0.552. The lowest BCUT2D eigenvalue weighted by Gasteiger charge is -2.52. The molecular formula is C17H24ClNO. The highest BCUT2D eigenvalue weighted by Gasteiger charge is 2.46. The first-order valence-electron chi connectivity index (χ1n) is 7.75. The monoisotopic (exact) mass is 293 g/mol. The predicted molar refractivity (Wildman–Crippen MR) is 84.9 cm³/mol. The highest BCUT2D eigenvalue weighted by molar-refractivity contribution is 6.31. The van der Waals surface area contributed by atoms with E-state index in [-0.39, 0.29) is 0 Å². The fraction of sp³-hybridized carbons (Fsp3) is 0.647. The average Bonchev–Trinajstić information content (AvgIpc) is 2.47. The molecule has 2 nitrogen and oxygen atoms in total. The van der Waals surface area contributed by atoms with Crippen LogP contribution in [-0.4, -0.2) is 13.2 Å². The Balaban J connectivity index is 1.79. The number of methoxy groups -OCH3 is 1. The summed E-state index contributed by atoms with van der Waals surface area (Å²) in [7, 11) is 1.71. The molecular weight excluding hydrogens is 270 g/mol. The van der Waals surface area contributed by atoms with Gasteiger partial charge in [-0.1, -0.05) is 30.9 Å². The van der Waals surface area contributed by atoms with Crippen molar-refractivity contribution in [3.05, 3.63) is 22.7 Å². The summed E-state index contributed by atoms with van der Waals surface area (Å²) < 4.78 is 5.48. The lowest BCUT2D eigenvalue weighted by molar-refractivity contribution is 0.0570. The highest BCUT2D eigenvalue weighted by atomic mass is 35.5. The maximum absolute atomic E-state index is 6.18. The number of hydrogen-bond acceptors (Lipinski definition) is 2. The summed E-state index contributed by atoms with van der Waals surface area (Å²) >= 11 is 6.18. The van der Waals surface area contributed by atoms with E-state index in [9.17, 15) is 0 Å². The third-order valence-electron chi connectivity index (χ3n) is 5.33. The molecule has 1 aromatic rings. The minimum Gasteiger partial charge on any atom is -0.495 e. The largest absolute Gasteiger partial charge is 0.495 e. The topological polar surface area (TPSA) is 21.3 Å². The number of ether oxygens (including phenoxy) is 1. The average molecular weight is 294 g/mol. The fourth-order valence-corrected chi connectivity index (χ4v) is 4.06. The van der Waals surface area contributed by atoms with E-state index in [0.717, 1.165) is 22.0 Å². The maximum atomic E-state index is 6.18. The van der Waals surface area contributed by atoms with Crippen LogP contribution in [0, 0.1) is 12.3 Å². The van der Waals surface area contributed by atoms with Gasteiger partial charge in [-0.05, 0) is 49.7 Å². The smallest absolute Gasteiger partial charge is 0.143 e. The van der Waals surface area contributed by atoms with Gasteiger partial charge in [0, 0.05) is 17.1 Å². The second kappa shape index (κ2) is 5.48. The van der Waals surface area contributed by atoms with Crippen LogP contribution in [0.4, 0.5) is 5.69 Å². The molecule has 1 N–H and O–H groups in total. The quantitative estimate of drug-likeness (QED) is 0.829. The molecule has 0 heterocycles. The van der Waals surface area contributed by atoms with Crippen LogP contribution < -0.4 is 10.1 Å². The summed E-state index contributed by atoms with van der Waals surface area (Å²) in [5, 5.41) is 4.51. The van der Waals surface area contributed by atoms with Crippen LogP contribution in [-0.2, 0) is 0 Å². The van der Waals surface area contributed by atoms with Crippen molar-refractivity contribution in [3.8, 4) is 5.75 Å². The van der Waals surface area contributed by atoms with Crippen LogP contribution in [0.2, 0.25) is 5.02 Å². The van der Waals surface area contributed by atoms with E-state index < -0.39 is 0 Å². The van der Waals surface area contributed by atoms with E-state index in [2.05, 4.69) is 11.4 Å². The van der Waals surface area contributed by atoms with Gasteiger partial charge in [-0.25, -0.2) is 0 Å². The van der Waals surface area contributed by atoms with Crippen LogP contribution in [0.3, 0.4) is 0 Å². The molecule has 2 saturated carbocycles. The van der Waals surface area contributed by atoms with Crippen molar-refractivity contribution >= 4 is 17.3 Å². The van der Waals surface area contributed by atoms with Gasteiger partial charge in [-0.2, -0.15) is 0 Å². The minimum atomic E-state index is 0.552. The molecule has 1 spiro atoms. The van der Waals surface area contributed by atoms with Crippen LogP contribution in [0.25, 0.3) is 0 Å². The zero-order valence-corrected chi connectivity index (χ0v) is 13.2. The van der Waals surface area contributed by atoms with E-state index in [4.69, 9.17) is 16.3 Å². The Morgan fingerprint density at radius 1 is 1.20 bits per heavy atom. The molecule has 3 rings (SSSR count). The first kappa shape index (κ1) is 14.1. The Hall–Kier alpha value is -0.890. The molecule has 0 saturated heterocycles. The highest BCUT2D eigenvalue weighted by Crippen LogP contribution is 2.53. The van der Waals surface area contributed by atoms with E-state index >= 15 is 0 Å². The van der Waals surface area contributed by atoms with Gasteiger partial charge in [0.2, 0.25) is 0 Å². The number of benzene rings is 1. The molecule has 1 aromatic carbocycles. The summed E-state index contributed by atoms with van der Waals surface area (Å²) in [5.74, 6) is 0.860. The molecule has 3 heteroatoms. The van der Waals surface area contributed by atoms with Crippen molar-refractivity contribution in [2.75, 3.05) is 12.4 Å². The van der Waals surface area contributed by atoms with Crippen molar-refractivity contribution < 1.29 is 4.74 Å². The number of aryl methyl sites for hydroxylation is 1. The van der Waals surface area contributed by atoms with Crippen molar-refractivity contribution in [1.82, 2.24) is 0 Å². The standard InChI is InChI=1S/C17H24ClNO/c1-12-10-14(15(20-2)11-13(12)18)19-16-6-9-17(16)7-4-3-5-8-17/h10-11,16,19H,3-9H2,1-2H3. The Morgan fingerprint density at radius 2 is 1.95 bits per heavy atom. The normalized spacial score (nSPS) is 24.2. The molecule has 1 atom stereocenters. The summed E-state index contributed by atoms with van der Waals surface area (Å²) in [6.45, 7) is 2.05. The molecule has 0 bridgehead atoms. The van der Waals surface area contributed by atoms with E-state index in [0.29, 0.717) is 11.5 Å². The molecule has 2 aliphatic rings. The van der Waals surface area contributed by atoms with Gasteiger partial charge < -0.3 is 10.1 Å². The summed E-state index contributed by atoms with van der Waals surface area (Å²) in [6.07, 6.45) is 9.66. The lowest BCUT2D eigenvalue weighted by Crippen LogP contribution is -2.50. The first-order valence-corrected chi connectivity index (χ1v) is 8.13. The number of anilines is 1. The van der Waals surface area contributed by atoms with E-state index in [1.807, 2.05) is 13.0 Å². The lowest BCUT2D eigenvalue weighted by atomic mass is 9.57. The third kappa shape index (κ3) is 2.39. The molecule has 0 aliphatic heterocycles. The van der Waals surface area contributed by atoms with Gasteiger partial charge in [0.1, 0.15) is 5.75 Å². The number of halogens is 1. The number of nitrogens with one attached hydrogen (secondary N) is 1. The van der Waals surface area contributed by atoms with Crippen LogP contribution in [0.5, 0.6) is 5.75 Å². The predicted octanol–water partition coefficient (Wildman–Crippen LogP) is 5.18. The molecule has 1 unspecified atom stereocenters. The van der Waals surface area contributed by atoms with Crippen molar-refractivity contribution in [1.29, 1.82) is 0 Å². The zero-order valence-electron chi connectivity index (χ0n) is 12.5. The van der Waals surface area contributed by atoms with Crippen LogP contribution in [0.1, 0.15) is 50.5 Å². The Labute approximate surface area is 126 Å². The van der Waals surface area contributed by atoms with Gasteiger partial charge in [0.25, 0.3) is 0 Å². The van der Waals surface area contributed by atoms with Gasteiger partial charge in [-0.3, -0.25) is 0 Å². The summed E-state index contributed by atoms with van der Waals surface area (Å²) in [6, 6.07) is 4.65. The third-order valence-corrected chi connectivity index (χ3v) is 5.74. The molecule has 2 aliphatic carbocycles. The van der Waals surface area contributed by atoms with E-state index in [1.165, 1.54) is 44.9 Å². The fourth-order valence-electron chi connectivity index (χ4n) is 3.91. The molecule has 2 fully saturated rings. The van der Waals surface area contributed by atoms with Crippen LogP contribution in [0.15, 0.2) is 12.1 Å². The second-order valence-electron chi connectivity index (χ2n) is 6.46. The number of hydrogen-bond donors (Lipinski definition) is 1. The Bertz CT molecular complexity index is 494. The molecule has 20 heavy (non-hydrogen) atoms. The maximum Gasteiger partial charge on any atom is 0.143 e. The Morgan fingerprint density at radius 3 is 2.55 bits per heavy atom. The van der Waals surface area contributed by atoms with Crippen molar-refractivity contribution in [2.45, 2.75) is 57.9 Å². The molecule has 0 radical (unpaired) electrons. The SMILES string of the molecule is COc1cc(Cl)c(C)cc1NC1CCC12CCCCC2. The number of rotatable bonds is 3. The van der Waals surface area contributed by atoms with Gasteiger partial charge in [-0.15, -0.1) is 0 Å². The van der Waals surface area contributed by atoms with Gasteiger partial charge in [0.15, 0.2) is 0 Å². The molecule has 0 amide bonds. The van der Waals surface area contributed by atoms with Gasteiger partial charge >= 0.3 is 0 Å². The van der Waals surface area contributed by atoms with E-state index in [1.54, 1.807) is 7.11 Å². The Kier molecular flexibility index (Phi) is 3.85. The van der Waals surface area contributed by atoms with Gasteiger partial charge in [0.05, 0.1) is 12.8 Å². The zero-order chi connectivity index (χ0) is 14.2. The molecule has 110 valence electrons. The molecule has 0 aromatic heterocycles. The summed E-state index contributed by atoms with van der Waals surface area (Å²) in [4.78, 5) is 0.